The van der Waals surface area contributed by atoms with Crippen molar-refractivity contribution in [1.82, 2.24) is 4.98 Å². The zero-order valence-corrected chi connectivity index (χ0v) is 14.2. The summed E-state index contributed by atoms with van der Waals surface area (Å²) in [6.45, 7) is 9.89. The first-order chi connectivity index (χ1) is 9.14. The van der Waals surface area contributed by atoms with Gasteiger partial charge in [-0.2, -0.15) is 0 Å². The highest BCUT2D eigenvalue weighted by Crippen LogP contribution is 2.41. The van der Waals surface area contributed by atoms with Crippen molar-refractivity contribution in [3.8, 4) is 5.88 Å². The van der Waals surface area contributed by atoms with Crippen LogP contribution in [0.5, 0.6) is 5.88 Å². The van der Waals surface area contributed by atoms with Gasteiger partial charge in [-0.05, 0) is 41.7 Å². The van der Waals surface area contributed by atoms with E-state index in [1.54, 1.807) is 7.11 Å². The molecule has 0 aliphatic carbocycles. The van der Waals surface area contributed by atoms with Crippen LogP contribution in [0.25, 0.3) is 10.9 Å². The van der Waals surface area contributed by atoms with E-state index in [9.17, 15) is 0 Å². The molecule has 0 amide bonds. The zero-order chi connectivity index (χ0) is 15.1. The van der Waals surface area contributed by atoms with E-state index in [0.29, 0.717) is 5.88 Å². The Morgan fingerprint density at radius 2 is 1.75 bits per heavy atom. The van der Waals surface area contributed by atoms with Crippen LogP contribution >= 0.6 is 6.89 Å². The molecule has 0 atom stereocenters. The highest BCUT2D eigenvalue weighted by atomic mass is 31.2. The molecule has 1 aromatic heterocycles. The average Bonchev–Trinajstić information content (AvgIpc) is 2.34. The van der Waals surface area contributed by atoms with Crippen molar-refractivity contribution >= 4 is 29.4 Å². The second-order valence-corrected chi connectivity index (χ2v) is 10.6. The first kappa shape index (κ1) is 15.1. The third-order valence-corrected chi connectivity index (χ3v) is 5.13. The number of aromatic nitrogens is 1. The van der Waals surface area contributed by atoms with Crippen LogP contribution < -0.4 is 10.0 Å². The molecule has 2 nitrogen and oxygen atoms in total. The van der Waals surface area contributed by atoms with Crippen LogP contribution in [0.2, 0.25) is 0 Å². The molecular weight excluding hydrogens is 265 g/mol. The molecule has 0 spiro atoms. The van der Waals surface area contributed by atoms with Crippen molar-refractivity contribution < 1.29 is 4.74 Å². The van der Waals surface area contributed by atoms with Gasteiger partial charge in [0, 0.05) is 11.5 Å². The summed E-state index contributed by atoms with van der Waals surface area (Å²) in [5.74, 6) is 0.659. The van der Waals surface area contributed by atoms with Crippen LogP contribution in [0, 0.1) is 0 Å². The number of nitrogens with zero attached hydrogens (tertiary/aromatic N) is 1. The van der Waals surface area contributed by atoms with Gasteiger partial charge in [0.15, 0.2) is 0 Å². The minimum atomic E-state index is -1.40. The van der Waals surface area contributed by atoms with Crippen molar-refractivity contribution in [2.45, 2.75) is 26.2 Å². The molecule has 1 heterocycles. The molecule has 0 N–H and O–H groups in total. The average molecular weight is 289 g/mol. The standard InChI is InChI=1S/C17H24NOP/c1-17(2,3)13-9-10-14-12(16(13)20(5,6)7)8-11-15(18-14)19-4/h8-11H,5H2,1-4,6-7H3. The molecular formula is C17H24NOP. The fourth-order valence-corrected chi connectivity index (χ4v) is 4.44. The van der Waals surface area contributed by atoms with Gasteiger partial charge in [-0.3, -0.25) is 0 Å². The lowest BCUT2D eigenvalue weighted by Gasteiger charge is -2.28. The van der Waals surface area contributed by atoms with Crippen molar-refractivity contribution in [3.63, 3.8) is 0 Å². The summed E-state index contributed by atoms with van der Waals surface area (Å²) in [5.41, 5.74) is 2.48. The highest BCUT2D eigenvalue weighted by molar-refractivity contribution is 7.79. The summed E-state index contributed by atoms with van der Waals surface area (Å²) in [6, 6.07) is 8.36. The molecule has 0 unspecified atom stereocenters. The number of fused-ring (bicyclic) bond motifs is 1. The minimum Gasteiger partial charge on any atom is -0.481 e. The lowest BCUT2D eigenvalue weighted by atomic mass is 9.86. The maximum absolute atomic E-state index is 5.23. The van der Waals surface area contributed by atoms with E-state index in [1.165, 1.54) is 16.3 Å². The quantitative estimate of drug-likeness (QED) is 0.783. The summed E-state index contributed by atoms with van der Waals surface area (Å²) in [6.07, 6.45) is 4.46. The molecule has 3 heteroatoms. The molecule has 2 aromatic rings. The Labute approximate surface area is 122 Å². The molecule has 0 aliphatic rings. The van der Waals surface area contributed by atoms with E-state index in [1.807, 2.05) is 6.07 Å². The zero-order valence-electron chi connectivity index (χ0n) is 13.3. The van der Waals surface area contributed by atoms with Crippen molar-refractivity contribution in [2.24, 2.45) is 0 Å². The lowest BCUT2D eigenvalue weighted by Crippen LogP contribution is -2.23. The number of rotatable bonds is 2. The predicted octanol–water partition coefficient (Wildman–Crippen LogP) is 3.88. The monoisotopic (exact) mass is 289 g/mol. The van der Waals surface area contributed by atoms with E-state index in [0.717, 1.165) is 5.52 Å². The van der Waals surface area contributed by atoms with Gasteiger partial charge in [0.1, 0.15) is 0 Å². The molecule has 0 saturated carbocycles. The Morgan fingerprint density at radius 1 is 1.10 bits per heavy atom. The summed E-state index contributed by atoms with van der Waals surface area (Å²) in [5, 5.41) is 2.60. The molecule has 0 bridgehead atoms. The lowest BCUT2D eigenvalue weighted by molar-refractivity contribution is 0.399. The topological polar surface area (TPSA) is 22.1 Å². The molecule has 20 heavy (non-hydrogen) atoms. The van der Waals surface area contributed by atoms with Crippen LogP contribution in [-0.2, 0) is 5.41 Å². The molecule has 0 fully saturated rings. The number of benzene rings is 1. The smallest absolute Gasteiger partial charge is 0.213 e. The summed E-state index contributed by atoms with van der Waals surface area (Å²) in [4.78, 5) is 4.56. The van der Waals surface area contributed by atoms with E-state index < -0.39 is 6.89 Å². The molecule has 108 valence electrons. The molecule has 0 radical (unpaired) electrons. The number of pyridine rings is 1. The third-order valence-electron chi connectivity index (χ3n) is 3.44. The second-order valence-electron chi connectivity index (χ2n) is 6.82. The number of ether oxygens (including phenoxy) is 1. The molecule has 0 aliphatic heterocycles. The fourth-order valence-electron chi connectivity index (χ4n) is 2.54. The normalized spacial score (nSPS) is 12.7. The van der Waals surface area contributed by atoms with Crippen molar-refractivity contribution in [3.05, 3.63) is 29.8 Å². The van der Waals surface area contributed by atoms with Gasteiger partial charge in [-0.25, -0.2) is 4.98 Å². The maximum Gasteiger partial charge on any atom is 0.213 e. The second kappa shape index (κ2) is 4.93. The van der Waals surface area contributed by atoms with Crippen LogP contribution in [0.4, 0.5) is 0 Å². The van der Waals surface area contributed by atoms with Crippen LogP contribution in [0.1, 0.15) is 26.3 Å². The molecule has 0 saturated heterocycles. The van der Waals surface area contributed by atoms with Gasteiger partial charge in [-0.15, -0.1) is 0 Å². The van der Waals surface area contributed by atoms with Crippen molar-refractivity contribution in [2.75, 3.05) is 20.4 Å². The van der Waals surface area contributed by atoms with Crippen LogP contribution in [0.3, 0.4) is 0 Å². The van der Waals surface area contributed by atoms with Gasteiger partial charge in [0.2, 0.25) is 5.88 Å². The predicted molar refractivity (Wildman–Crippen MR) is 92.5 cm³/mol. The SMILES string of the molecule is C=P(C)(C)c1c(C(C)(C)C)ccc2nc(OC)ccc12. The number of methoxy groups -OCH3 is 1. The minimum absolute atomic E-state index is 0.110. The van der Waals surface area contributed by atoms with Gasteiger partial charge in [-0.1, -0.05) is 40.0 Å². The third kappa shape index (κ3) is 2.76. The van der Waals surface area contributed by atoms with Crippen molar-refractivity contribution in [1.29, 1.82) is 0 Å². The maximum atomic E-state index is 5.23. The Hall–Kier alpha value is -1.27. The molecule has 2 rings (SSSR count). The number of hydrogen-bond donors (Lipinski definition) is 0. The summed E-state index contributed by atoms with van der Waals surface area (Å²) < 4.78 is 5.23. The van der Waals surface area contributed by atoms with Crippen LogP contribution in [0.15, 0.2) is 24.3 Å². The first-order valence-corrected chi connectivity index (χ1v) is 9.68. The largest absolute Gasteiger partial charge is 0.481 e. The summed E-state index contributed by atoms with van der Waals surface area (Å²) in [7, 11) is 1.65. The highest BCUT2D eigenvalue weighted by Gasteiger charge is 2.23. The number of hydrogen-bond acceptors (Lipinski definition) is 2. The van der Waals surface area contributed by atoms with Crippen LogP contribution in [-0.4, -0.2) is 31.7 Å². The fraction of sp³-hybridized carbons (Fsp3) is 0.412. The van der Waals surface area contributed by atoms with E-state index in [4.69, 9.17) is 4.74 Å². The van der Waals surface area contributed by atoms with E-state index in [2.05, 4.69) is 63.6 Å². The van der Waals surface area contributed by atoms with Gasteiger partial charge in [0.05, 0.1) is 12.6 Å². The first-order valence-electron chi connectivity index (χ1n) is 6.82. The Kier molecular flexibility index (Phi) is 3.73. The van der Waals surface area contributed by atoms with Gasteiger partial charge in [0.25, 0.3) is 0 Å². The van der Waals surface area contributed by atoms with Gasteiger partial charge >= 0.3 is 0 Å². The summed E-state index contributed by atoms with van der Waals surface area (Å²) >= 11 is 0. The van der Waals surface area contributed by atoms with E-state index >= 15 is 0 Å². The Morgan fingerprint density at radius 3 is 2.25 bits per heavy atom. The molecule has 1 aromatic carbocycles. The Balaban J connectivity index is 2.89. The van der Waals surface area contributed by atoms with Gasteiger partial charge < -0.3 is 4.74 Å². The van der Waals surface area contributed by atoms with E-state index in [-0.39, 0.29) is 5.41 Å². The Bertz CT molecular complexity index is 692.